The molecule has 0 spiro atoms. The standard InChI is InChI=1S/C20H20Cl2N2O3/c1-20(2,3)27-19(26)24-16(12-7-5-4-6-8-12)17(24)18(25)23-15-10-13(21)9-14(22)11-15/h4-11,16-17H,1-3H3,(H,23,25)/t16-,17+,24?/m1/s1. The van der Waals surface area contributed by atoms with E-state index in [4.69, 9.17) is 27.9 Å². The van der Waals surface area contributed by atoms with Gasteiger partial charge in [-0.3, -0.25) is 9.69 Å². The van der Waals surface area contributed by atoms with Gasteiger partial charge >= 0.3 is 6.09 Å². The van der Waals surface area contributed by atoms with Crippen molar-refractivity contribution < 1.29 is 14.3 Å². The number of carbonyl (C=O) groups excluding carboxylic acids is 2. The number of nitrogens with one attached hydrogen (secondary N) is 1. The molecular weight excluding hydrogens is 387 g/mol. The van der Waals surface area contributed by atoms with Crippen molar-refractivity contribution >= 4 is 40.9 Å². The Morgan fingerprint density at radius 2 is 1.63 bits per heavy atom. The van der Waals surface area contributed by atoms with E-state index in [1.165, 1.54) is 4.90 Å². The van der Waals surface area contributed by atoms with Crippen LogP contribution in [0.5, 0.6) is 0 Å². The second kappa shape index (κ2) is 7.41. The minimum absolute atomic E-state index is 0.326. The quantitative estimate of drug-likeness (QED) is 0.704. The molecule has 2 aromatic carbocycles. The number of anilines is 1. The van der Waals surface area contributed by atoms with Crippen LogP contribution in [0.1, 0.15) is 32.4 Å². The zero-order valence-corrected chi connectivity index (χ0v) is 16.7. The molecule has 1 N–H and O–H groups in total. The zero-order chi connectivity index (χ0) is 19.8. The van der Waals surface area contributed by atoms with Gasteiger partial charge in [0.2, 0.25) is 5.91 Å². The Morgan fingerprint density at radius 1 is 1.04 bits per heavy atom. The number of carbonyl (C=O) groups is 2. The molecule has 7 heteroatoms. The molecule has 2 aromatic rings. The van der Waals surface area contributed by atoms with Crippen LogP contribution in [0.25, 0.3) is 0 Å². The van der Waals surface area contributed by atoms with Crippen LogP contribution < -0.4 is 5.32 Å². The second-order valence-corrected chi connectivity index (χ2v) is 8.21. The third kappa shape index (κ3) is 4.73. The minimum Gasteiger partial charge on any atom is -0.444 e. The first-order valence-electron chi connectivity index (χ1n) is 8.49. The lowest BCUT2D eigenvalue weighted by molar-refractivity contribution is -0.116. The van der Waals surface area contributed by atoms with Crippen LogP contribution in [0.2, 0.25) is 10.0 Å². The van der Waals surface area contributed by atoms with Gasteiger partial charge in [-0.1, -0.05) is 53.5 Å². The molecule has 1 fully saturated rings. The van der Waals surface area contributed by atoms with E-state index in [1.807, 2.05) is 30.3 Å². The third-order valence-electron chi connectivity index (χ3n) is 3.95. The van der Waals surface area contributed by atoms with Crippen LogP contribution in [0.4, 0.5) is 10.5 Å². The van der Waals surface area contributed by atoms with E-state index in [9.17, 15) is 9.59 Å². The van der Waals surface area contributed by atoms with E-state index in [0.29, 0.717) is 15.7 Å². The number of ether oxygens (including phenoxy) is 1. The number of hydrogen-bond acceptors (Lipinski definition) is 3. The maximum absolute atomic E-state index is 12.8. The Kier molecular flexibility index (Phi) is 5.36. The van der Waals surface area contributed by atoms with Crippen LogP contribution in [0.15, 0.2) is 48.5 Å². The van der Waals surface area contributed by atoms with E-state index in [2.05, 4.69) is 5.32 Å². The molecule has 27 heavy (non-hydrogen) atoms. The van der Waals surface area contributed by atoms with Gasteiger partial charge < -0.3 is 10.1 Å². The van der Waals surface area contributed by atoms with Crippen LogP contribution in [-0.2, 0) is 9.53 Å². The van der Waals surface area contributed by atoms with Gasteiger partial charge in [0.15, 0.2) is 0 Å². The van der Waals surface area contributed by atoms with Gasteiger partial charge in [0.25, 0.3) is 0 Å². The average molecular weight is 407 g/mol. The molecule has 0 saturated carbocycles. The Labute approximate surface area is 168 Å². The highest BCUT2D eigenvalue weighted by molar-refractivity contribution is 6.35. The van der Waals surface area contributed by atoms with Gasteiger partial charge in [-0.2, -0.15) is 0 Å². The first kappa shape index (κ1) is 19.5. The van der Waals surface area contributed by atoms with Crippen molar-refractivity contribution in [3.63, 3.8) is 0 Å². The van der Waals surface area contributed by atoms with E-state index < -0.39 is 17.7 Å². The van der Waals surface area contributed by atoms with Crippen molar-refractivity contribution in [3.8, 4) is 0 Å². The molecule has 3 rings (SSSR count). The average Bonchev–Trinajstić information content (AvgIpc) is 3.29. The largest absolute Gasteiger partial charge is 0.444 e. The molecule has 1 heterocycles. The monoisotopic (exact) mass is 406 g/mol. The predicted molar refractivity (Wildman–Crippen MR) is 106 cm³/mol. The van der Waals surface area contributed by atoms with Crippen LogP contribution >= 0.6 is 23.2 Å². The summed E-state index contributed by atoms with van der Waals surface area (Å²) in [6, 6.07) is 13.1. The van der Waals surface area contributed by atoms with Crippen LogP contribution in [0.3, 0.4) is 0 Å². The van der Waals surface area contributed by atoms with E-state index in [1.54, 1.807) is 39.0 Å². The molecule has 0 radical (unpaired) electrons. The maximum atomic E-state index is 12.8. The van der Waals surface area contributed by atoms with Crippen molar-refractivity contribution in [2.75, 3.05) is 5.32 Å². The normalized spacial score (nSPS) is 18.8. The summed E-state index contributed by atoms with van der Waals surface area (Å²) in [6.45, 7) is 5.36. The summed E-state index contributed by atoms with van der Waals surface area (Å²) in [5, 5.41) is 3.60. The summed E-state index contributed by atoms with van der Waals surface area (Å²) < 4.78 is 5.45. The Bertz CT molecular complexity index is 845. The highest BCUT2D eigenvalue weighted by atomic mass is 35.5. The molecule has 5 nitrogen and oxygen atoms in total. The summed E-state index contributed by atoms with van der Waals surface area (Å²) in [6.07, 6.45) is -0.527. The molecule has 2 amide bonds. The summed E-state index contributed by atoms with van der Waals surface area (Å²) in [5.41, 5.74) is 0.690. The molecule has 142 valence electrons. The SMILES string of the molecule is CC(C)(C)OC(=O)N1[C@H](C(=O)Nc2cc(Cl)cc(Cl)c2)[C@H]1c1ccccc1. The van der Waals surface area contributed by atoms with Gasteiger partial charge in [-0.15, -0.1) is 0 Å². The van der Waals surface area contributed by atoms with Crippen molar-refractivity contribution in [3.05, 3.63) is 64.1 Å². The summed E-state index contributed by atoms with van der Waals surface area (Å²) in [4.78, 5) is 26.8. The molecule has 0 unspecified atom stereocenters. The molecule has 0 bridgehead atoms. The molecule has 2 atom stereocenters. The van der Waals surface area contributed by atoms with Gasteiger partial charge in [-0.05, 0) is 44.5 Å². The second-order valence-electron chi connectivity index (χ2n) is 7.34. The first-order chi connectivity index (χ1) is 12.7. The third-order valence-corrected chi connectivity index (χ3v) is 4.39. The number of nitrogens with zero attached hydrogens (tertiary/aromatic N) is 1. The van der Waals surface area contributed by atoms with Gasteiger partial charge in [0.05, 0.1) is 6.04 Å². The predicted octanol–water partition coefficient (Wildman–Crippen LogP) is 5.29. The minimum atomic E-state index is -0.667. The fraction of sp³-hybridized carbons (Fsp3) is 0.300. The molecular formula is C20H20Cl2N2O3. The maximum Gasteiger partial charge on any atom is 0.411 e. The highest BCUT2D eigenvalue weighted by Gasteiger charge is 2.57. The molecule has 1 aliphatic rings. The summed E-state index contributed by atoms with van der Waals surface area (Å²) in [5.74, 6) is -0.326. The lowest BCUT2D eigenvalue weighted by Crippen LogP contribution is -2.30. The number of hydrogen-bond donors (Lipinski definition) is 1. The van der Waals surface area contributed by atoms with E-state index >= 15 is 0 Å². The van der Waals surface area contributed by atoms with Gasteiger partial charge in [0, 0.05) is 15.7 Å². The summed E-state index contributed by atoms with van der Waals surface area (Å²) in [7, 11) is 0. The smallest absolute Gasteiger partial charge is 0.411 e. The lowest BCUT2D eigenvalue weighted by Gasteiger charge is -2.20. The van der Waals surface area contributed by atoms with Crippen molar-refractivity contribution in [1.29, 1.82) is 0 Å². The van der Waals surface area contributed by atoms with Gasteiger partial charge in [0.1, 0.15) is 11.6 Å². The van der Waals surface area contributed by atoms with Crippen LogP contribution in [-0.4, -0.2) is 28.5 Å². The molecule has 0 aromatic heterocycles. The summed E-state index contributed by atoms with van der Waals surface area (Å²) >= 11 is 12.0. The fourth-order valence-electron chi connectivity index (χ4n) is 2.88. The Hall–Kier alpha value is -2.24. The lowest BCUT2D eigenvalue weighted by atomic mass is 10.1. The fourth-order valence-corrected chi connectivity index (χ4v) is 3.40. The van der Waals surface area contributed by atoms with E-state index in [-0.39, 0.29) is 11.9 Å². The topological polar surface area (TPSA) is 58.4 Å². The van der Waals surface area contributed by atoms with Crippen molar-refractivity contribution in [2.24, 2.45) is 0 Å². The first-order valence-corrected chi connectivity index (χ1v) is 9.24. The van der Waals surface area contributed by atoms with Crippen LogP contribution in [0, 0.1) is 0 Å². The zero-order valence-electron chi connectivity index (χ0n) is 15.2. The van der Waals surface area contributed by atoms with Crippen molar-refractivity contribution in [1.82, 2.24) is 4.90 Å². The Morgan fingerprint density at radius 3 is 2.19 bits per heavy atom. The molecule has 1 aliphatic heterocycles. The van der Waals surface area contributed by atoms with Gasteiger partial charge in [-0.25, -0.2) is 4.79 Å². The van der Waals surface area contributed by atoms with E-state index in [0.717, 1.165) is 5.56 Å². The number of amides is 2. The Balaban J connectivity index is 1.82. The molecule has 0 aliphatic carbocycles. The number of benzene rings is 2. The number of rotatable bonds is 3. The van der Waals surface area contributed by atoms with Crippen molar-refractivity contribution in [2.45, 2.75) is 38.5 Å². The number of halogens is 2. The highest BCUT2D eigenvalue weighted by Crippen LogP contribution is 2.44. The molecule has 1 saturated heterocycles.